The summed E-state index contributed by atoms with van der Waals surface area (Å²) in [4.78, 5) is 4.69. The summed E-state index contributed by atoms with van der Waals surface area (Å²) < 4.78 is 11.0. The lowest BCUT2D eigenvalue weighted by molar-refractivity contribution is -0.182. The number of nitrogens with zero attached hydrogens (tertiary/aromatic N) is 1. The second-order valence-electron chi connectivity index (χ2n) is 6.38. The summed E-state index contributed by atoms with van der Waals surface area (Å²) in [6, 6.07) is 0.440. The van der Waals surface area contributed by atoms with Gasteiger partial charge in [0.25, 0.3) is 0 Å². The molecular weight excluding hydrogens is 242 g/mol. The molecule has 1 saturated carbocycles. The molecule has 0 amide bonds. The van der Waals surface area contributed by atoms with Crippen molar-refractivity contribution < 1.29 is 9.47 Å². The van der Waals surface area contributed by atoms with Gasteiger partial charge in [-0.05, 0) is 19.8 Å². The molecule has 4 atom stereocenters. The van der Waals surface area contributed by atoms with Crippen LogP contribution in [0.3, 0.4) is 0 Å². The predicted octanol–water partition coefficient (Wildman–Crippen LogP) is 1.13. The van der Waals surface area contributed by atoms with Gasteiger partial charge in [-0.3, -0.25) is 0 Å². The zero-order valence-electron chi connectivity index (χ0n) is 12.5. The summed E-state index contributed by atoms with van der Waals surface area (Å²) in [5.41, 5.74) is 6.09. The van der Waals surface area contributed by atoms with E-state index in [0.717, 1.165) is 13.0 Å². The average Bonchev–Trinajstić information content (AvgIpc) is 2.36. The molecule has 0 aromatic heterocycles. The van der Waals surface area contributed by atoms with E-state index in [-0.39, 0.29) is 17.5 Å². The van der Waals surface area contributed by atoms with Crippen LogP contribution in [0.2, 0.25) is 0 Å². The quantitative estimate of drug-likeness (QED) is 0.593. The molecule has 0 bridgehead atoms. The highest BCUT2D eigenvalue weighted by Gasteiger charge is 2.58. The van der Waals surface area contributed by atoms with Crippen LogP contribution in [-0.4, -0.2) is 44.5 Å². The first-order chi connectivity index (χ1) is 8.96. The minimum absolute atomic E-state index is 0.0852. The molecule has 0 aromatic rings. The molecule has 5 heteroatoms. The number of hydrogen-bond acceptors (Lipinski definition) is 3. The molecule has 0 spiro atoms. The van der Waals surface area contributed by atoms with Gasteiger partial charge < -0.3 is 20.5 Å². The number of guanidine groups is 1. The Kier molecular flexibility index (Phi) is 4.36. The third-order valence-corrected chi connectivity index (χ3v) is 4.36. The van der Waals surface area contributed by atoms with E-state index in [9.17, 15) is 0 Å². The molecule has 1 aliphatic carbocycles. The number of hydrogen-bond donors (Lipinski definition) is 2. The Labute approximate surface area is 115 Å². The first-order valence-electron chi connectivity index (χ1n) is 7.17. The van der Waals surface area contributed by atoms with Crippen LogP contribution in [0.15, 0.2) is 4.99 Å². The largest absolute Gasteiger partial charge is 0.383 e. The highest BCUT2D eigenvalue weighted by molar-refractivity contribution is 5.78. The molecule has 2 fully saturated rings. The Balaban J connectivity index is 1.97. The van der Waals surface area contributed by atoms with E-state index < -0.39 is 0 Å². The van der Waals surface area contributed by atoms with Crippen LogP contribution < -0.4 is 11.1 Å². The summed E-state index contributed by atoms with van der Waals surface area (Å²) in [5.74, 6) is 1.05. The van der Waals surface area contributed by atoms with Gasteiger partial charge >= 0.3 is 0 Å². The second-order valence-corrected chi connectivity index (χ2v) is 6.38. The molecule has 110 valence electrons. The molecule has 5 nitrogen and oxygen atoms in total. The van der Waals surface area contributed by atoms with Crippen LogP contribution >= 0.6 is 0 Å². The number of aliphatic imine (C=N–C) groups is 1. The lowest BCUT2D eigenvalue weighted by Gasteiger charge is -2.58. The molecule has 19 heavy (non-hydrogen) atoms. The van der Waals surface area contributed by atoms with Gasteiger partial charge in [-0.15, -0.1) is 0 Å². The van der Waals surface area contributed by atoms with E-state index in [1.807, 2.05) is 6.92 Å². The first kappa shape index (κ1) is 14.6. The molecule has 4 unspecified atom stereocenters. The van der Waals surface area contributed by atoms with Crippen molar-refractivity contribution in [3.8, 4) is 0 Å². The number of rotatable bonds is 4. The van der Waals surface area contributed by atoms with Gasteiger partial charge in [0.05, 0.1) is 18.8 Å². The van der Waals surface area contributed by atoms with Crippen molar-refractivity contribution in [1.29, 1.82) is 0 Å². The van der Waals surface area contributed by atoms with Crippen LogP contribution in [0.4, 0.5) is 0 Å². The fourth-order valence-electron chi connectivity index (χ4n) is 3.49. The average molecular weight is 269 g/mol. The van der Waals surface area contributed by atoms with E-state index >= 15 is 0 Å². The Morgan fingerprint density at radius 2 is 2.32 bits per heavy atom. The lowest BCUT2D eigenvalue weighted by atomic mass is 9.55. The third-order valence-electron chi connectivity index (χ3n) is 4.36. The van der Waals surface area contributed by atoms with E-state index in [2.05, 4.69) is 24.2 Å². The van der Waals surface area contributed by atoms with Crippen molar-refractivity contribution >= 4 is 5.96 Å². The van der Waals surface area contributed by atoms with Crippen molar-refractivity contribution in [1.82, 2.24) is 5.32 Å². The van der Waals surface area contributed by atoms with Crippen LogP contribution in [0.5, 0.6) is 0 Å². The van der Waals surface area contributed by atoms with Crippen molar-refractivity contribution in [2.45, 2.75) is 51.8 Å². The van der Waals surface area contributed by atoms with Crippen LogP contribution in [-0.2, 0) is 9.47 Å². The van der Waals surface area contributed by atoms with E-state index in [1.165, 1.54) is 6.42 Å². The van der Waals surface area contributed by atoms with Gasteiger partial charge in [0, 0.05) is 31.1 Å². The molecule has 3 N–H and O–H groups in total. The summed E-state index contributed by atoms with van der Waals surface area (Å²) in [7, 11) is 1.69. The van der Waals surface area contributed by atoms with Crippen molar-refractivity contribution in [3.63, 3.8) is 0 Å². The third kappa shape index (κ3) is 2.87. The topological polar surface area (TPSA) is 68.9 Å². The van der Waals surface area contributed by atoms with Gasteiger partial charge in [-0.1, -0.05) is 13.8 Å². The highest BCUT2D eigenvalue weighted by Crippen LogP contribution is 2.52. The smallest absolute Gasteiger partial charge is 0.189 e. The molecule has 0 aromatic carbocycles. The normalized spacial score (nSPS) is 35.2. The Morgan fingerprint density at radius 1 is 1.58 bits per heavy atom. The number of methoxy groups -OCH3 is 1. The van der Waals surface area contributed by atoms with Crippen LogP contribution in [0.1, 0.15) is 33.6 Å². The molecular formula is C14H27N3O2. The Morgan fingerprint density at radius 3 is 3.00 bits per heavy atom. The van der Waals surface area contributed by atoms with Gasteiger partial charge in [-0.25, -0.2) is 4.99 Å². The van der Waals surface area contributed by atoms with Gasteiger partial charge in [0.1, 0.15) is 0 Å². The molecule has 2 rings (SSSR count). The van der Waals surface area contributed by atoms with Crippen molar-refractivity contribution in [2.24, 2.45) is 22.1 Å². The minimum Gasteiger partial charge on any atom is -0.383 e. The number of nitrogens with two attached hydrogens (primary N) is 1. The van der Waals surface area contributed by atoms with E-state index in [1.54, 1.807) is 7.11 Å². The maximum Gasteiger partial charge on any atom is 0.189 e. The summed E-state index contributed by atoms with van der Waals surface area (Å²) in [5, 5.41) is 3.18. The lowest BCUT2D eigenvalue weighted by Crippen LogP contribution is -2.64. The Hall–Kier alpha value is -0.810. The number of ether oxygens (including phenoxy) is 2. The molecule has 1 saturated heterocycles. The first-order valence-corrected chi connectivity index (χ1v) is 7.17. The fraction of sp³-hybridized carbons (Fsp3) is 0.929. The fourth-order valence-corrected chi connectivity index (χ4v) is 3.49. The predicted molar refractivity (Wildman–Crippen MR) is 76.1 cm³/mol. The Bertz CT molecular complexity index is 344. The monoisotopic (exact) mass is 269 g/mol. The highest BCUT2D eigenvalue weighted by atomic mass is 16.5. The standard InChI is InChI=1S/C14H27N3O2/c1-9(8-18-4)16-13(15)17-11-10-6-5-7-19-12(10)14(11,2)3/h9-12H,5-8H2,1-4H3,(H3,15,16,17). The zero-order valence-corrected chi connectivity index (χ0v) is 12.5. The van der Waals surface area contributed by atoms with Gasteiger partial charge in [0.15, 0.2) is 5.96 Å². The van der Waals surface area contributed by atoms with Gasteiger partial charge in [0.2, 0.25) is 0 Å². The number of fused-ring (bicyclic) bond motifs is 1. The molecule has 1 aliphatic heterocycles. The molecule has 2 aliphatic rings. The number of nitrogens with one attached hydrogen (secondary N) is 1. The van der Waals surface area contributed by atoms with Gasteiger partial charge in [-0.2, -0.15) is 0 Å². The second kappa shape index (κ2) is 5.67. The summed E-state index contributed by atoms with van der Waals surface area (Å²) in [6.45, 7) is 7.99. The summed E-state index contributed by atoms with van der Waals surface area (Å²) >= 11 is 0. The van der Waals surface area contributed by atoms with Crippen molar-refractivity contribution in [2.75, 3.05) is 20.3 Å². The maximum atomic E-state index is 6.00. The molecule has 1 heterocycles. The summed E-state index contributed by atoms with van der Waals surface area (Å²) in [6.07, 6.45) is 2.68. The minimum atomic E-state index is 0.0852. The van der Waals surface area contributed by atoms with Crippen molar-refractivity contribution in [3.05, 3.63) is 0 Å². The van der Waals surface area contributed by atoms with E-state index in [0.29, 0.717) is 24.6 Å². The van der Waals surface area contributed by atoms with E-state index in [4.69, 9.17) is 15.2 Å². The maximum absolute atomic E-state index is 6.00. The zero-order chi connectivity index (χ0) is 14.0. The molecule has 0 radical (unpaired) electrons. The van der Waals surface area contributed by atoms with Crippen LogP contribution in [0.25, 0.3) is 0 Å². The van der Waals surface area contributed by atoms with Crippen LogP contribution in [0, 0.1) is 11.3 Å². The SMILES string of the molecule is COCC(C)NC(N)=NC1C2CCCOC2C1(C)C.